The zero-order valence-electron chi connectivity index (χ0n) is 10.5. The molecule has 2 heterocycles. The number of hydrogen-bond acceptors (Lipinski definition) is 5. The van der Waals surface area contributed by atoms with Crippen LogP contribution in [0.15, 0.2) is 53.1 Å². The highest BCUT2D eigenvalue weighted by molar-refractivity contribution is 6.33. The molecule has 3 aromatic rings. The van der Waals surface area contributed by atoms with Gasteiger partial charge in [0.25, 0.3) is 0 Å². The van der Waals surface area contributed by atoms with Crippen LogP contribution >= 0.6 is 11.6 Å². The normalized spacial score (nSPS) is 10.4. The number of nitrogens with one attached hydrogen (secondary N) is 1. The lowest BCUT2D eigenvalue weighted by Gasteiger charge is -2.02. The molecule has 2 aromatic heterocycles. The summed E-state index contributed by atoms with van der Waals surface area (Å²) in [4.78, 5) is 4.21. The van der Waals surface area contributed by atoms with Gasteiger partial charge in [-0.1, -0.05) is 34.9 Å². The minimum Gasteiger partial charge on any atom is -0.407 e. The quantitative estimate of drug-likeness (QED) is 0.796. The van der Waals surface area contributed by atoms with E-state index < -0.39 is 0 Å². The highest BCUT2D eigenvalue weighted by atomic mass is 35.5. The molecule has 20 heavy (non-hydrogen) atoms. The van der Waals surface area contributed by atoms with Crippen LogP contribution in [0.3, 0.4) is 0 Å². The first-order valence-corrected chi connectivity index (χ1v) is 6.43. The van der Waals surface area contributed by atoms with Gasteiger partial charge < -0.3 is 9.73 Å². The number of benzene rings is 1. The third-order valence-corrected chi connectivity index (χ3v) is 2.97. The van der Waals surface area contributed by atoms with Crippen LogP contribution in [0.1, 0.15) is 11.6 Å². The summed E-state index contributed by atoms with van der Waals surface area (Å²) in [6.07, 6.45) is 2.23. The average molecular weight is 287 g/mol. The molecule has 0 saturated heterocycles. The van der Waals surface area contributed by atoms with Crippen LogP contribution in [-0.2, 0) is 6.42 Å². The number of halogens is 1. The fraction of sp³-hybridized carbons (Fsp3) is 0.0714. The van der Waals surface area contributed by atoms with Crippen molar-refractivity contribution in [1.29, 1.82) is 0 Å². The molecule has 100 valence electrons. The van der Waals surface area contributed by atoms with Crippen molar-refractivity contribution in [2.24, 2.45) is 0 Å². The standard InChI is InChI=1S/C14H11ClN4O/c15-11-6-1-2-7-12(11)17-14-19-18-13(20-14)9-10-5-3-4-8-16-10/h1-8H,9H2,(H,17,19). The van der Waals surface area contributed by atoms with Gasteiger partial charge in [0.1, 0.15) is 0 Å². The number of para-hydroxylation sites is 1. The Morgan fingerprint density at radius 3 is 2.70 bits per heavy atom. The minimum absolute atomic E-state index is 0.309. The summed E-state index contributed by atoms with van der Waals surface area (Å²) in [5.74, 6) is 0.498. The number of hydrogen-bond donors (Lipinski definition) is 1. The van der Waals surface area contributed by atoms with E-state index in [2.05, 4.69) is 20.5 Å². The second-order valence-electron chi connectivity index (χ2n) is 4.10. The van der Waals surface area contributed by atoms with Crippen molar-refractivity contribution in [2.45, 2.75) is 6.42 Å². The first-order chi connectivity index (χ1) is 9.81. The van der Waals surface area contributed by atoms with Crippen molar-refractivity contribution >= 4 is 23.3 Å². The predicted molar refractivity (Wildman–Crippen MR) is 76.1 cm³/mol. The summed E-state index contributed by atoms with van der Waals surface area (Å²) in [5.41, 5.74) is 1.60. The summed E-state index contributed by atoms with van der Waals surface area (Å²) >= 11 is 6.05. The molecule has 0 bridgehead atoms. The molecule has 0 atom stereocenters. The van der Waals surface area contributed by atoms with E-state index in [0.717, 1.165) is 11.4 Å². The number of aromatic nitrogens is 3. The number of anilines is 2. The molecule has 3 rings (SSSR count). The van der Waals surface area contributed by atoms with Crippen LogP contribution in [0.5, 0.6) is 0 Å². The van der Waals surface area contributed by atoms with Crippen LogP contribution in [0.4, 0.5) is 11.7 Å². The molecule has 0 spiro atoms. The van der Waals surface area contributed by atoms with E-state index >= 15 is 0 Å². The smallest absolute Gasteiger partial charge is 0.320 e. The summed E-state index contributed by atoms with van der Waals surface area (Å²) in [7, 11) is 0. The van der Waals surface area contributed by atoms with Crippen molar-refractivity contribution in [3.8, 4) is 0 Å². The second kappa shape index (κ2) is 5.71. The van der Waals surface area contributed by atoms with Gasteiger partial charge in [-0.3, -0.25) is 4.98 Å². The van der Waals surface area contributed by atoms with Crippen LogP contribution in [0, 0.1) is 0 Å². The second-order valence-corrected chi connectivity index (χ2v) is 4.51. The van der Waals surface area contributed by atoms with Gasteiger partial charge >= 0.3 is 6.01 Å². The molecule has 0 radical (unpaired) electrons. The molecule has 0 fully saturated rings. The maximum Gasteiger partial charge on any atom is 0.320 e. The van der Waals surface area contributed by atoms with Gasteiger partial charge in [-0.2, -0.15) is 0 Å². The lowest BCUT2D eigenvalue weighted by Crippen LogP contribution is -1.91. The molecule has 0 aliphatic heterocycles. The molecule has 0 unspecified atom stereocenters. The van der Waals surface area contributed by atoms with Gasteiger partial charge in [-0.05, 0) is 24.3 Å². The highest BCUT2D eigenvalue weighted by Gasteiger charge is 2.08. The van der Waals surface area contributed by atoms with Gasteiger partial charge in [0.2, 0.25) is 5.89 Å². The molecular weight excluding hydrogens is 276 g/mol. The first-order valence-electron chi connectivity index (χ1n) is 6.05. The molecular formula is C14H11ClN4O. The van der Waals surface area contributed by atoms with Crippen LogP contribution < -0.4 is 5.32 Å². The Labute approximate surface area is 120 Å². The van der Waals surface area contributed by atoms with E-state index in [1.807, 2.05) is 36.4 Å². The van der Waals surface area contributed by atoms with Gasteiger partial charge in [-0.25, -0.2) is 0 Å². The zero-order chi connectivity index (χ0) is 13.8. The summed E-state index contributed by atoms with van der Waals surface area (Å²) in [5, 5.41) is 11.5. The fourth-order valence-corrected chi connectivity index (χ4v) is 1.89. The van der Waals surface area contributed by atoms with Gasteiger partial charge in [0.05, 0.1) is 17.1 Å². The van der Waals surface area contributed by atoms with Crippen LogP contribution in [-0.4, -0.2) is 15.2 Å². The predicted octanol–water partition coefficient (Wildman–Crippen LogP) is 3.45. The average Bonchev–Trinajstić information content (AvgIpc) is 2.90. The van der Waals surface area contributed by atoms with E-state index in [-0.39, 0.29) is 0 Å². The Bertz CT molecular complexity index is 699. The lowest BCUT2D eigenvalue weighted by molar-refractivity contribution is 0.519. The third-order valence-electron chi connectivity index (χ3n) is 2.64. The van der Waals surface area contributed by atoms with E-state index in [4.69, 9.17) is 16.0 Å². The van der Waals surface area contributed by atoms with Crippen molar-refractivity contribution in [2.75, 3.05) is 5.32 Å². The monoisotopic (exact) mass is 286 g/mol. The van der Waals surface area contributed by atoms with Gasteiger partial charge in [-0.15, -0.1) is 5.10 Å². The summed E-state index contributed by atoms with van der Waals surface area (Å²) in [6, 6.07) is 13.4. The molecule has 1 N–H and O–H groups in total. The van der Waals surface area contributed by atoms with Crippen LogP contribution in [0.2, 0.25) is 5.02 Å². The van der Waals surface area contributed by atoms with Gasteiger partial charge in [0, 0.05) is 11.9 Å². The Hall–Kier alpha value is -2.40. The Balaban J connectivity index is 1.73. The van der Waals surface area contributed by atoms with Crippen molar-refractivity contribution in [3.05, 3.63) is 65.3 Å². The van der Waals surface area contributed by atoms with E-state index in [1.165, 1.54) is 0 Å². The van der Waals surface area contributed by atoms with Crippen LogP contribution in [0.25, 0.3) is 0 Å². The van der Waals surface area contributed by atoms with E-state index in [9.17, 15) is 0 Å². The molecule has 0 saturated carbocycles. The number of rotatable bonds is 4. The SMILES string of the molecule is Clc1ccccc1Nc1nnc(Cc2ccccn2)o1. The lowest BCUT2D eigenvalue weighted by atomic mass is 10.3. The van der Waals surface area contributed by atoms with Crippen molar-refractivity contribution in [3.63, 3.8) is 0 Å². The minimum atomic E-state index is 0.309. The molecule has 0 aliphatic rings. The van der Waals surface area contributed by atoms with Crippen molar-refractivity contribution in [1.82, 2.24) is 15.2 Å². The Kier molecular flexibility index (Phi) is 3.60. The van der Waals surface area contributed by atoms with E-state index in [1.54, 1.807) is 12.3 Å². The maximum absolute atomic E-state index is 6.05. The third kappa shape index (κ3) is 2.95. The molecule has 0 amide bonds. The molecule has 1 aromatic carbocycles. The topological polar surface area (TPSA) is 63.8 Å². The van der Waals surface area contributed by atoms with Gasteiger partial charge in [0.15, 0.2) is 0 Å². The number of pyridine rings is 1. The summed E-state index contributed by atoms with van der Waals surface area (Å²) in [6.45, 7) is 0. The molecule has 5 nitrogen and oxygen atoms in total. The highest BCUT2D eigenvalue weighted by Crippen LogP contribution is 2.24. The van der Waals surface area contributed by atoms with Crippen molar-refractivity contribution < 1.29 is 4.42 Å². The summed E-state index contributed by atoms with van der Waals surface area (Å²) < 4.78 is 5.51. The van der Waals surface area contributed by atoms with E-state index in [0.29, 0.717) is 23.3 Å². The molecule has 0 aliphatic carbocycles. The Morgan fingerprint density at radius 1 is 1.05 bits per heavy atom. The maximum atomic E-state index is 6.05. The largest absolute Gasteiger partial charge is 0.407 e. The number of nitrogens with zero attached hydrogens (tertiary/aromatic N) is 3. The Morgan fingerprint density at radius 2 is 1.90 bits per heavy atom. The molecule has 6 heteroatoms. The first kappa shape index (κ1) is 12.6. The fourth-order valence-electron chi connectivity index (χ4n) is 1.71. The zero-order valence-corrected chi connectivity index (χ0v) is 11.2.